The Bertz CT molecular complexity index is 531. The number of aryl methyl sites for hydroxylation is 1. The van der Waals surface area contributed by atoms with E-state index >= 15 is 0 Å². The zero-order valence-corrected chi connectivity index (χ0v) is 8.62. The van der Waals surface area contributed by atoms with Crippen LogP contribution in [0.5, 0.6) is 0 Å². The molecule has 1 aromatic carbocycles. The molecule has 0 atom stereocenters. The van der Waals surface area contributed by atoms with Gasteiger partial charge in [-0.15, -0.1) is 0 Å². The lowest BCUT2D eigenvalue weighted by Crippen LogP contribution is -2.12. The Balaban J connectivity index is 2.56. The fraction of sp³-hybridized carbons (Fsp3) is 0.0909. The van der Waals surface area contributed by atoms with Gasteiger partial charge in [0, 0.05) is 11.3 Å². The van der Waals surface area contributed by atoms with Crippen LogP contribution in [-0.4, -0.2) is 16.1 Å². The molecule has 5 heteroatoms. The summed E-state index contributed by atoms with van der Waals surface area (Å²) in [5.74, 6) is -0.887. The molecule has 0 unspecified atom stereocenters. The van der Waals surface area contributed by atoms with Gasteiger partial charge in [0.25, 0.3) is 5.91 Å². The Morgan fingerprint density at radius 2 is 2.00 bits per heavy atom. The molecule has 0 aliphatic heterocycles. The van der Waals surface area contributed by atoms with Crippen LogP contribution in [0.25, 0.3) is 11.3 Å². The minimum Gasteiger partial charge on any atom is -0.365 e. The molecule has 0 aliphatic rings. The summed E-state index contributed by atoms with van der Waals surface area (Å²) in [4.78, 5) is 11.2. The number of primary amides is 1. The molecule has 1 amide bonds. The number of hydrogen-bond acceptors (Lipinski definition) is 2. The topological polar surface area (TPSA) is 71.8 Å². The first kappa shape index (κ1) is 10.4. The minimum atomic E-state index is -0.550. The normalized spacial score (nSPS) is 10.4. The standard InChI is InChI=1S/C11H10FN3O/c1-6-9(11(13)16)10(15-14-6)7-2-4-8(12)5-3-7/h2-5H,1H3,(H2,13,16)(H,14,15). The summed E-state index contributed by atoms with van der Waals surface area (Å²) >= 11 is 0. The van der Waals surface area contributed by atoms with Gasteiger partial charge in [-0.05, 0) is 31.2 Å². The summed E-state index contributed by atoms with van der Waals surface area (Å²) in [6.45, 7) is 1.71. The second-order valence-electron chi connectivity index (χ2n) is 3.44. The van der Waals surface area contributed by atoms with Crippen molar-refractivity contribution in [3.63, 3.8) is 0 Å². The monoisotopic (exact) mass is 219 g/mol. The number of benzene rings is 1. The summed E-state index contributed by atoms with van der Waals surface area (Å²) in [7, 11) is 0. The van der Waals surface area contributed by atoms with E-state index in [1.54, 1.807) is 19.1 Å². The summed E-state index contributed by atoms with van der Waals surface area (Å²) in [6, 6.07) is 5.73. The zero-order chi connectivity index (χ0) is 11.7. The van der Waals surface area contributed by atoms with Crippen LogP contribution >= 0.6 is 0 Å². The molecule has 0 aliphatic carbocycles. The van der Waals surface area contributed by atoms with Crippen molar-refractivity contribution in [1.82, 2.24) is 10.2 Å². The number of hydrogen-bond donors (Lipinski definition) is 2. The lowest BCUT2D eigenvalue weighted by molar-refractivity contribution is 0.100. The Hall–Kier alpha value is -2.17. The maximum Gasteiger partial charge on any atom is 0.252 e. The third kappa shape index (κ3) is 1.67. The first-order valence-electron chi connectivity index (χ1n) is 4.70. The number of aromatic amines is 1. The molecule has 0 saturated carbocycles. The average molecular weight is 219 g/mol. The van der Waals surface area contributed by atoms with Gasteiger partial charge in [0.1, 0.15) is 11.5 Å². The summed E-state index contributed by atoms with van der Waals surface area (Å²) in [5.41, 5.74) is 7.30. The fourth-order valence-electron chi connectivity index (χ4n) is 1.55. The zero-order valence-electron chi connectivity index (χ0n) is 8.62. The maximum absolute atomic E-state index is 12.7. The number of rotatable bonds is 2. The van der Waals surface area contributed by atoms with E-state index in [1.165, 1.54) is 12.1 Å². The molecule has 0 fully saturated rings. The molecular formula is C11H10FN3O. The maximum atomic E-state index is 12.7. The quantitative estimate of drug-likeness (QED) is 0.805. The molecule has 2 aromatic rings. The molecule has 1 aromatic heterocycles. The Morgan fingerprint density at radius 3 is 2.56 bits per heavy atom. The van der Waals surface area contributed by atoms with Crippen LogP contribution in [0, 0.1) is 12.7 Å². The van der Waals surface area contributed by atoms with Crippen molar-refractivity contribution < 1.29 is 9.18 Å². The highest BCUT2D eigenvalue weighted by Gasteiger charge is 2.16. The summed E-state index contributed by atoms with van der Waals surface area (Å²) in [6.07, 6.45) is 0. The van der Waals surface area contributed by atoms with Crippen LogP contribution in [0.15, 0.2) is 24.3 Å². The third-order valence-electron chi connectivity index (χ3n) is 2.31. The molecule has 16 heavy (non-hydrogen) atoms. The molecule has 82 valence electrons. The van der Waals surface area contributed by atoms with Crippen LogP contribution in [0.4, 0.5) is 4.39 Å². The van der Waals surface area contributed by atoms with Gasteiger partial charge in [0.15, 0.2) is 0 Å². The molecule has 2 rings (SSSR count). The van der Waals surface area contributed by atoms with Crippen molar-refractivity contribution in [3.05, 3.63) is 41.3 Å². The largest absolute Gasteiger partial charge is 0.365 e. The minimum absolute atomic E-state index is 0.336. The average Bonchev–Trinajstić information content (AvgIpc) is 2.61. The van der Waals surface area contributed by atoms with Crippen molar-refractivity contribution >= 4 is 5.91 Å². The lowest BCUT2D eigenvalue weighted by Gasteiger charge is -1.99. The van der Waals surface area contributed by atoms with Crippen molar-refractivity contribution in [2.75, 3.05) is 0 Å². The van der Waals surface area contributed by atoms with Gasteiger partial charge in [-0.2, -0.15) is 5.10 Å². The van der Waals surface area contributed by atoms with Gasteiger partial charge in [-0.25, -0.2) is 4.39 Å². The van der Waals surface area contributed by atoms with E-state index in [0.29, 0.717) is 22.5 Å². The van der Waals surface area contributed by atoms with E-state index in [9.17, 15) is 9.18 Å². The van der Waals surface area contributed by atoms with Crippen LogP contribution in [0.1, 0.15) is 16.1 Å². The molecule has 0 spiro atoms. The van der Waals surface area contributed by atoms with E-state index in [4.69, 9.17) is 5.73 Å². The second-order valence-corrected chi connectivity index (χ2v) is 3.44. The Morgan fingerprint density at radius 1 is 1.38 bits per heavy atom. The molecule has 3 N–H and O–H groups in total. The van der Waals surface area contributed by atoms with Gasteiger partial charge in [-0.1, -0.05) is 0 Å². The number of H-pyrrole nitrogens is 1. The van der Waals surface area contributed by atoms with Crippen molar-refractivity contribution in [2.45, 2.75) is 6.92 Å². The van der Waals surface area contributed by atoms with Gasteiger partial charge >= 0.3 is 0 Å². The number of halogens is 1. The van der Waals surface area contributed by atoms with Crippen LogP contribution in [0.3, 0.4) is 0 Å². The molecular weight excluding hydrogens is 209 g/mol. The van der Waals surface area contributed by atoms with Crippen molar-refractivity contribution in [1.29, 1.82) is 0 Å². The smallest absolute Gasteiger partial charge is 0.252 e. The number of nitrogens with two attached hydrogens (primary N) is 1. The van der Waals surface area contributed by atoms with Gasteiger partial charge in [0.2, 0.25) is 0 Å². The van der Waals surface area contributed by atoms with Crippen LogP contribution < -0.4 is 5.73 Å². The highest BCUT2D eigenvalue weighted by Crippen LogP contribution is 2.23. The first-order chi connectivity index (χ1) is 7.59. The Labute approximate surface area is 91.3 Å². The van der Waals surface area contributed by atoms with Crippen molar-refractivity contribution in [3.8, 4) is 11.3 Å². The Kier molecular flexibility index (Phi) is 2.44. The third-order valence-corrected chi connectivity index (χ3v) is 2.31. The highest BCUT2D eigenvalue weighted by atomic mass is 19.1. The first-order valence-corrected chi connectivity index (χ1v) is 4.70. The molecule has 0 saturated heterocycles. The van der Waals surface area contributed by atoms with E-state index in [1.807, 2.05) is 0 Å². The molecule has 0 radical (unpaired) electrons. The fourth-order valence-corrected chi connectivity index (χ4v) is 1.55. The van der Waals surface area contributed by atoms with Gasteiger partial charge < -0.3 is 5.73 Å². The van der Waals surface area contributed by atoms with Crippen LogP contribution in [-0.2, 0) is 0 Å². The summed E-state index contributed by atoms with van der Waals surface area (Å²) < 4.78 is 12.7. The van der Waals surface area contributed by atoms with Gasteiger partial charge in [0.05, 0.1) is 5.56 Å². The van der Waals surface area contributed by atoms with Crippen molar-refractivity contribution in [2.24, 2.45) is 5.73 Å². The second kappa shape index (κ2) is 3.77. The molecule has 0 bridgehead atoms. The summed E-state index contributed by atoms with van der Waals surface area (Å²) in [5, 5.41) is 6.68. The number of nitrogens with zero attached hydrogens (tertiary/aromatic N) is 1. The number of nitrogens with one attached hydrogen (secondary N) is 1. The highest BCUT2D eigenvalue weighted by molar-refractivity contribution is 5.99. The van der Waals surface area contributed by atoms with Crippen LogP contribution in [0.2, 0.25) is 0 Å². The van der Waals surface area contributed by atoms with E-state index < -0.39 is 5.91 Å². The lowest BCUT2D eigenvalue weighted by atomic mass is 10.1. The number of amides is 1. The SMILES string of the molecule is Cc1[nH]nc(-c2ccc(F)cc2)c1C(N)=O. The number of carbonyl (C=O) groups is 1. The van der Waals surface area contributed by atoms with E-state index in [2.05, 4.69) is 10.2 Å². The molecule has 4 nitrogen and oxygen atoms in total. The van der Waals surface area contributed by atoms with E-state index in [-0.39, 0.29) is 5.82 Å². The predicted molar refractivity (Wildman–Crippen MR) is 57.2 cm³/mol. The molecule has 1 heterocycles. The number of carbonyl (C=O) groups excluding carboxylic acids is 1. The van der Waals surface area contributed by atoms with E-state index in [0.717, 1.165) is 0 Å². The van der Waals surface area contributed by atoms with Gasteiger partial charge in [-0.3, -0.25) is 9.89 Å². The predicted octanol–water partition coefficient (Wildman–Crippen LogP) is 1.62. The number of aromatic nitrogens is 2.